The zero-order chi connectivity index (χ0) is 30.4. The number of hydrogen-bond acceptors (Lipinski definition) is 5. The summed E-state index contributed by atoms with van der Waals surface area (Å²) in [7, 11) is 0. The molecule has 3 heterocycles. The molecular formula is C38H27BrIrN3S2. The van der Waals surface area contributed by atoms with Crippen LogP contribution in [0.25, 0.3) is 41.6 Å². The maximum Gasteiger partial charge on any atom is 3.00 e. The van der Waals surface area contributed by atoms with Crippen molar-refractivity contribution in [3.8, 4) is 21.1 Å². The van der Waals surface area contributed by atoms with Crippen LogP contribution in [0.3, 0.4) is 0 Å². The van der Waals surface area contributed by atoms with Crippen molar-refractivity contribution in [2.45, 2.75) is 6.92 Å². The number of hydrogen-bond donors (Lipinski definition) is 0. The minimum atomic E-state index is 0. The Morgan fingerprint density at radius 2 is 1.11 bits per heavy atom. The third-order valence-corrected chi connectivity index (χ3v) is 8.58. The molecular weight excluding hydrogens is 835 g/mol. The van der Waals surface area contributed by atoms with Crippen molar-refractivity contribution in [1.29, 1.82) is 0 Å². The molecule has 0 saturated heterocycles. The van der Waals surface area contributed by atoms with Gasteiger partial charge in [-0.2, -0.15) is 53.0 Å². The average Bonchev–Trinajstić information content (AvgIpc) is 3.72. The van der Waals surface area contributed by atoms with E-state index in [9.17, 15) is 0 Å². The van der Waals surface area contributed by atoms with Crippen LogP contribution in [0.4, 0.5) is 0 Å². The Balaban J connectivity index is 0.000000144. The Bertz CT molecular complexity index is 1770. The van der Waals surface area contributed by atoms with E-state index in [1.54, 1.807) is 28.9 Å². The third-order valence-electron chi connectivity index (χ3n) is 5.95. The summed E-state index contributed by atoms with van der Waals surface area (Å²) in [6.07, 6.45) is 1.79. The second-order valence-electron chi connectivity index (χ2n) is 9.22. The van der Waals surface area contributed by atoms with Crippen LogP contribution in [0.2, 0.25) is 0 Å². The van der Waals surface area contributed by atoms with Gasteiger partial charge in [-0.1, -0.05) is 34.8 Å². The molecule has 3 nitrogen and oxygen atoms in total. The largest absolute Gasteiger partial charge is 3.00 e. The van der Waals surface area contributed by atoms with E-state index in [0.717, 1.165) is 42.3 Å². The molecule has 0 aliphatic heterocycles. The first kappa shape index (κ1) is 34.0. The van der Waals surface area contributed by atoms with Crippen LogP contribution < -0.4 is 0 Å². The molecule has 5 aromatic carbocycles. The summed E-state index contributed by atoms with van der Waals surface area (Å²) in [6, 6.07) is 55.1. The van der Waals surface area contributed by atoms with E-state index in [-0.39, 0.29) is 20.1 Å². The van der Waals surface area contributed by atoms with Gasteiger partial charge in [0.25, 0.3) is 0 Å². The van der Waals surface area contributed by atoms with Crippen LogP contribution >= 0.6 is 38.6 Å². The number of fused-ring (bicyclic) bond motifs is 2. The van der Waals surface area contributed by atoms with Gasteiger partial charge in [-0.3, -0.25) is 15.0 Å². The zero-order valence-electron chi connectivity index (χ0n) is 24.2. The Kier molecular flexibility index (Phi) is 13.8. The molecule has 3 aromatic heterocycles. The number of nitrogens with zero attached hydrogens (tertiary/aromatic N) is 3. The van der Waals surface area contributed by atoms with Crippen LogP contribution in [0.1, 0.15) is 5.69 Å². The fraction of sp³-hybridized carbons (Fsp3) is 0.0263. The number of para-hydroxylation sites is 2. The summed E-state index contributed by atoms with van der Waals surface area (Å²) < 4.78 is 3.53. The molecule has 7 heteroatoms. The quantitative estimate of drug-likeness (QED) is 0.163. The molecule has 0 aliphatic carbocycles. The monoisotopic (exact) mass is 861 g/mol. The van der Waals surface area contributed by atoms with Crippen LogP contribution in [0, 0.1) is 25.1 Å². The Morgan fingerprint density at radius 3 is 1.47 bits per heavy atom. The number of benzene rings is 5. The normalized spacial score (nSPS) is 9.82. The molecule has 45 heavy (non-hydrogen) atoms. The maximum atomic E-state index is 4.57. The molecule has 0 fully saturated rings. The van der Waals surface area contributed by atoms with Crippen molar-refractivity contribution in [3.05, 3.63) is 174 Å². The van der Waals surface area contributed by atoms with E-state index in [1.165, 1.54) is 9.40 Å². The van der Waals surface area contributed by atoms with Crippen LogP contribution in [0.5, 0.6) is 0 Å². The Hall–Kier alpha value is -3.84. The predicted molar refractivity (Wildman–Crippen MR) is 190 cm³/mol. The topological polar surface area (TPSA) is 38.7 Å². The summed E-state index contributed by atoms with van der Waals surface area (Å²) in [6.45, 7) is 1.97. The van der Waals surface area contributed by atoms with Crippen molar-refractivity contribution in [2.24, 2.45) is 0 Å². The minimum Gasteiger partial charge on any atom is -0.285 e. The third kappa shape index (κ3) is 10.6. The summed E-state index contributed by atoms with van der Waals surface area (Å²) in [4.78, 5) is 13.1. The minimum absolute atomic E-state index is 0. The van der Waals surface area contributed by atoms with Crippen LogP contribution in [-0.2, 0) is 20.1 Å². The van der Waals surface area contributed by atoms with Gasteiger partial charge in [0.2, 0.25) is 0 Å². The van der Waals surface area contributed by atoms with E-state index in [1.807, 2.05) is 134 Å². The molecule has 222 valence electrons. The second kappa shape index (κ2) is 18.2. The van der Waals surface area contributed by atoms with E-state index < -0.39 is 0 Å². The molecule has 0 N–H and O–H groups in total. The van der Waals surface area contributed by atoms with E-state index in [2.05, 4.69) is 61.2 Å². The Labute approximate surface area is 294 Å². The molecule has 0 saturated carbocycles. The number of thiazole rings is 2. The molecule has 0 spiro atoms. The number of rotatable bonds is 2. The van der Waals surface area contributed by atoms with E-state index in [0.29, 0.717) is 0 Å². The summed E-state index contributed by atoms with van der Waals surface area (Å²) >= 11 is 6.70. The molecule has 0 amide bonds. The average molecular weight is 862 g/mol. The van der Waals surface area contributed by atoms with Gasteiger partial charge in [0, 0.05) is 31.3 Å². The first-order valence-electron chi connectivity index (χ1n) is 13.8. The van der Waals surface area contributed by atoms with Gasteiger partial charge in [0.1, 0.15) is 0 Å². The van der Waals surface area contributed by atoms with Gasteiger partial charge in [-0.15, -0.1) is 87.7 Å². The van der Waals surface area contributed by atoms with Gasteiger partial charge < -0.3 is 0 Å². The second-order valence-corrected chi connectivity index (χ2v) is 12.2. The number of aromatic nitrogens is 3. The zero-order valence-corrected chi connectivity index (χ0v) is 29.8. The molecule has 0 radical (unpaired) electrons. The van der Waals surface area contributed by atoms with Crippen LogP contribution in [0.15, 0.2) is 150 Å². The maximum absolute atomic E-state index is 4.57. The van der Waals surface area contributed by atoms with Crippen molar-refractivity contribution in [2.75, 3.05) is 0 Å². The summed E-state index contributed by atoms with van der Waals surface area (Å²) in [5.74, 6) is 0. The molecule has 8 aromatic rings. The summed E-state index contributed by atoms with van der Waals surface area (Å²) in [5.41, 5.74) is 5.34. The van der Waals surface area contributed by atoms with Crippen LogP contribution in [-0.4, -0.2) is 15.0 Å². The number of aryl methyl sites for hydroxylation is 1. The Morgan fingerprint density at radius 1 is 0.578 bits per heavy atom. The van der Waals surface area contributed by atoms with E-state index >= 15 is 0 Å². The molecule has 0 unspecified atom stereocenters. The predicted octanol–water partition coefficient (Wildman–Crippen LogP) is 11.2. The van der Waals surface area contributed by atoms with Crippen molar-refractivity contribution >= 4 is 59.0 Å². The molecule has 0 bridgehead atoms. The smallest absolute Gasteiger partial charge is 0.285 e. The van der Waals surface area contributed by atoms with Gasteiger partial charge in [-0.05, 0) is 43.3 Å². The number of halogens is 1. The van der Waals surface area contributed by atoms with Crippen molar-refractivity contribution in [3.63, 3.8) is 0 Å². The van der Waals surface area contributed by atoms with Gasteiger partial charge >= 0.3 is 20.1 Å². The first-order valence-corrected chi connectivity index (χ1v) is 16.2. The molecule has 0 atom stereocenters. The van der Waals surface area contributed by atoms with E-state index in [4.69, 9.17) is 0 Å². The van der Waals surface area contributed by atoms with Gasteiger partial charge in [0.15, 0.2) is 0 Å². The summed E-state index contributed by atoms with van der Waals surface area (Å²) in [5, 5.41) is 2.08. The SMILES string of the molecule is Brc1c[c-]ccc1.Cc1ccccn1.[Ir+3].[c-]1ccccc1-c1nc2ccccc2s1.[c-]1ccccc1-c1nc2ccccc2s1. The first-order chi connectivity index (χ1) is 21.7. The standard InChI is InChI=1S/2C13H8NS.C6H4Br.C6H7N.Ir/c2*1-2-6-10(7-3-1)13-14-11-8-4-5-9-12(11)15-13;7-6-4-2-1-3-5-6;1-6-4-2-3-5-7-6;/h2*1-6,8-9H;1-2,4-5H;2-5H,1H3;/q3*-1;;+3. The van der Waals surface area contributed by atoms with Crippen molar-refractivity contribution < 1.29 is 20.1 Å². The van der Waals surface area contributed by atoms with Gasteiger partial charge in [-0.25, -0.2) is 0 Å². The van der Waals surface area contributed by atoms with Gasteiger partial charge in [0.05, 0.1) is 11.0 Å². The fourth-order valence-electron chi connectivity index (χ4n) is 3.85. The fourth-order valence-corrected chi connectivity index (χ4v) is 6.04. The molecule has 8 rings (SSSR count). The number of pyridine rings is 1. The van der Waals surface area contributed by atoms with Crippen molar-refractivity contribution in [1.82, 2.24) is 15.0 Å². The molecule has 0 aliphatic rings.